The lowest BCUT2D eigenvalue weighted by atomic mass is 10.2. The summed E-state index contributed by atoms with van der Waals surface area (Å²) in [6.45, 7) is 5.68. The minimum Gasteiger partial charge on any atom is -0.459 e. The van der Waals surface area contributed by atoms with Crippen molar-refractivity contribution in [3.8, 4) is 0 Å². The molecule has 0 spiro atoms. The number of carbonyl (C=O) groups excluding carboxylic acids is 1. The second kappa shape index (κ2) is 4.77. The van der Waals surface area contributed by atoms with Crippen molar-refractivity contribution in [3.63, 3.8) is 0 Å². The fraction of sp³-hybridized carbons (Fsp3) is 0.455. The van der Waals surface area contributed by atoms with Crippen LogP contribution in [-0.2, 0) is 9.53 Å². The number of aromatic nitrogens is 1. The first-order valence-electron chi connectivity index (χ1n) is 4.83. The molecule has 0 aromatic carbocycles. The predicted molar refractivity (Wildman–Crippen MR) is 58.6 cm³/mol. The zero-order valence-corrected chi connectivity index (χ0v) is 9.28. The van der Waals surface area contributed by atoms with E-state index in [4.69, 9.17) is 4.74 Å². The highest BCUT2D eigenvalue weighted by Gasteiger charge is 2.15. The number of anilines is 1. The van der Waals surface area contributed by atoms with Crippen molar-refractivity contribution >= 4 is 11.7 Å². The van der Waals surface area contributed by atoms with Crippen LogP contribution >= 0.6 is 0 Å². The Bertz CT molecular complexity index is 317. The molecule has 4 nitrogen and oxygen atoms in total. The number of nitrogens with zero attached hydrogens (tertiary/aromatic N) is 1. The minimum absolute atomic E-state index is 0.156. The molecule has 0 unspecified atom stereocenters. The summed E-state index contributed by atoms with van der Waals surface area (Å²) in [5.41, 5.74) is 0.372. The molecule has 0 amide bonds. The van der Waals surface area contributed by atoms with Crippen LogP contribution in [0.15, 0.2) is 24.5 Å². The first-order chi connectivity index (χ1) is 6.97. The van der Waals surface area contributed by atoms with Gasteiger partial charge in [-0.15, -0.1) is 0 Å². The van der Waals surface area contributed by atoms with E-state index < -0.39 is 5.60 Å². The molecule has 0 fully saturated rings. The Kier molecular flexibility index (Phi) is 3.66. The number of ether oxygens (including phenoxy) is 1. The van der Waals surface area contributed by atoms with Crippen molar-refractivity contribution in [2.24, 2.45) is 0 Å². The summed E-state index contributed by atoms with van der Waals surface area (Å²) >= 11 is 0. The maximum atomic E-state index is 11.3. The highest BCUT2D eigenvalue weighted by molar-refractivity contribution is 5.75. The van der Waals surface area contributed by atoms with Crippen molar-refractivity contribution in [2.45, 2.75) is 26.4 Å². The molecule has 4 heteroatoms. The lowest BCUT2D eigenvalue weighted by molar-refractivity contribution is -0.152. The molecule has 0 atom stereocenters. The van der Waals surface area contributed by atoms with Gasteiger partial charge in [0.1, 0.15) is 12.1 Å². The number of esters is 1. The van der Waals surface area contributed by atoms with Crippen LogP contribution in [-0.4, -0.2) is 23.1 Å². The van der Waals surface area contributed by atoms with E-state index in [-0.39, 0.29) is 12.5 Å². The molecule has 0 aliphatic carbocycles. The van der Waals surface area contributed by atoms with Gasteiger partial charge in [0.05, 0.1) is 5.69 Å². The fourth-order valence-corrected chi connectivity index (χ4v) is 1.02. The third-order valence-electron chi connectivity index (χ3n) is 1.52. The third kappa shape index (κ3) is 5.00. The molecule has 1 rings (SSSR count). The number of hydrogen-bond donors (Lipinski definition) is 1. The molecule has 0 saturated carbocycles. The standard InChI is InChI=1S/C11H16N2O2/c1-11(2,3)15-10(14)8-13-9-5-4-6-12-7-9/h4-7,13H,8H2,1-3H3. The number of nitrogens with one attached hydrogen (secondary N) is 1. The number of carbonyl (C=O) groups is 1. The van der Waals surface area contributed by atoms with Gasteiger partial charge in [0.15, 0.2) is 0 Å². The number of hydrogen-bond acceptors (Lipinski definition) is 4. The Labute approximate surface area is 89.7 Å². The lowest BCUT2D eigenvalue weighted by Gasteiger charge is -2.19. The average molecular weight is 208 g/mol. The molecule has 1 aromatic rings. The van der Waals surface area contributed by atoms with Gasteiger partial charge < -0.3 is 10.1 Å². The summed E-state index contributed by atoms with van der Waals surface area (Å²) in [6.07, 6.45) is 3.34. The molecule has 0 radical (unpaired) electrons. The highest BCUT2D eigenvalue weighted by atomic mass is 16.6. The summed E-state index contributed by atoms with van der Waals surface area (Å²) < 4.78 is 5.14. The van der Waals surface area contributed by atoms with Crippen molar-refractivity contribution in [1.29, 1.82) is 0 Å². The Morgan fingerprint density at radius 3 is 2.80 bits per heavy atom. The van der Waals surface area contributed by atoms with E-state index in [2.05, 4.69) is 10.3 Å². The highest BCUT2D eigenvalue weighted by Crippen LogP contribution is 2.07. The van der Waals surface area contributed by atoms with Crippen molar-refractivity contribution in [1.82, 2.24) is 4.98 Å². The second-order valence-electron chi connectivity index (χ2n) is 4.18. The van der Waals surface area contributed by atoms with Crippen molar-refractivity contribution < 1.29 is 9.53 Å². The van der Waals surface area contributed by atoms with E-state index in [9.17, 15) is 4.79 Å². The molecule has 15 heavy (non-hydrogen) atoms. The molecule has 0 aliphatic heterocycles. The fourth-order valence-electron chi connectivity index (χ4n) is 1.02. The summed E-state index contributed by atoms with van der Waals surface area (Å²) in [6, 6.07) is 3.65. The van der Waals surface area contributed by atoms with E-state index >= 15 is 0 Å². The van der Waals surface area contributed by atoms with E-state index in [1.165, 1.54) is 0 Å². The summed E-state index contributed by atoms with van der Waals surface area (Å²) in [5, 5.41) is 2.93. The molecule has 82 valence electrons. The lowest BCUT2D eigenvalue weighted by Crippen LogP contribution is -2.28. The predicted octanol–water partition coefficient (Wildman–Crippen LogP) is 1.84. The molecule has 1 aromatic heterocycles. The van der Waals surface area contributed by atoms with Crippen molar-refractivity contribution in [3.05, 3.63) is 24.5 Å². The van der Waals surface area contributed by atoms with Crippen LogP contribution in [0.25, 0.3) is 0 Å². The van der Waals surface area contributed by atoms with E-state index in [0.717, 1.165) is 5.69 Å². The molecular weight excluding hydrogens is 192 g/mol. The maximum Gasteiger partial charge on any atom is 0.325 e. The zero-order valence-electron chi connectivity index (χ0n) is 9.28. The SMILES string of the molecule is CC(C)(C)OC(=O)CNc1cccnc1. The minimum atomic E-state index is -0.437. The molecule has 0 bridgehead atoms. The van der Waals surface area contributed by atoms with Gasteiger partial charge >= 0.3 is 5.97 Å². The topological polar surface area (TPSA) is 51.2 Å². The second-order valence-corrected chi connectivity index (χ2v) is 4.18. The smallest absolute Gasteiger partial charge is 0.325 e. The quantitative estimate of drug-likeness (QED) is 0.770. The Balaban J connectivity index is 2.35. The number of rotatable bonds is 3. The van der Waals surface area contributed by atoms with Crippen LogP contribution in [0.3, 0.4) is 0 Å². The van der Waals surface area contributed by atoms with Crippen LogP contribution in [0.2, 0.25) is 0 Å². The summed E-state index contributed by atoms with van der Waals surface area (Å²) in [7, 11) is 0. The molecule has 1 N–H and O–H groups in total. The zero-order chi connectivity index (χ0) is 11.3. The third-order valence-corrected chi connectivity index (χ3v) is 1.52. The van der Waals surface area contributed by atoms with Gasteiger partial charge in [-0.1, -0.05) is 0 Å². The molecule has 1 heterocycles. The monoisotopic (exact) mass is 208 g/mol. The Morgan fingerprint density at radius 2 is 2.27 bits per heavy atom. The normalized spacial score (nSPS) is 10.9. The first-order valence-corrected chi connectivity index (χ1v) is 4.83. The van der Waals surface area contributed by atoms with Crippen LogP contribution in [0.4, 0.5) is 5.69 Å². The maximum absolute atomic E-state index is 11.3. The molecule has 0 saturated heterocycles. The van der Waals surface area contributed by atoms with Crippen LogP contribution in [0.1, 0.15) is 20.8 Å². The molecule has 0 aliphatic rings. The van der Waals surface area contributed by atoms with Gasteiger partial charge in [0.25, 0.3) is 0 Å². The van der Waals surface area contributed by atoms with Gasteiger partial charge in [-0.3, -0.25) is 9.78 Å². The van der Waals surface area contributed by atoms with Crippen LogP contribution < -0.4 is 5.32 Å². The largest absolute Gasteiger partial charge is 0.459 e. The van der Waals surface area contributed by atoms with Crippen LogP contribution in [0, 0.1) is 0 Å². The van der Waals surface area contributed by atoms with E-state index in [1.807, 2.05) is 26.8 Å². The van der Waals surface area contributed by atoms with Gasteiger partial charge in [0.2, 0.25) is 0 Å². The van der Waals surface area contributed by atoms with Gasteiger partial charge in [0, 0.05) is 12.4 Å². The van der Waals surface area contributed by atoms with Gasteiger partial charge in [-0.25, -0.2) is 0 Å². The first kappa shape index (κ1) is 11.5. The molecular formula is C11H16N2O2. The Morgan fingerprint density at radius 1 is 1.53 bits per heavy atom. The van der Waals surface area contributed by atoms with E-state index in [0.29, 0.717) is 0 Å². The van der Waals surface area contributed by atoms with Crippen LogP contribution in [0.5, 0.6) is 0 Å². The Hall–Kier alpha value is -1.58. The van der Waals surface area contributed by atoms with Gasteiger partial charge in [-0.05, 0) is 32.9 Å². The summed E-state index contributed by atoms with van der Waals surface area (Å²) in [4.78, 5) is 15.2. The van der Waals surface area contributed by atoms with Crippen molar-refractivity contribution in [2.75, 3.05) is 11.9 Å². The number of pyridine rings is 1. The van der Waals surface area contributed by atoms with E-state index in [1.54, 1.807) is 18.5 Å². The van der Waals surface area contributed by atoms with Gasteiger partial charge in [-0.2, -0.15) is 0 Å². The summed E-state index contributed by atoms with van der Waals surface area (Å²) in [5.74, 6) is -0.272. The average Bonchev–Trinajstić information content (AvgIpc) is 2.14.